The predicted molar refractivity (Wildman–Crippen MR) is 112 cm³/mol. The zero-order valence-electron chi connectivity index (χ0n) is 15.5. The van der Waals surface area contributed by atoms with Crippen molar-refractivity contribution in [2.45, 2.75) is 38.1 Å². The summed E-state index contributed by atoms with van der Waals surface area (Å²) >= 11 is 12.3. The van der Waals surface area contributed by atoms with Crippen molar-refractivity contribution >= 4 is 35.2 Å². The van der Waals surface area contributed by atoms with Crippen LogP contribution in [0.1, 0.15) is 37.9 Å². The lowest BCUT2D eigenvalue weighted by molar-refractivity contribution is -0.120. The number of halogens is 2. The van der Waals surface area contributed by atoms with Crippen LogP contribution in [0, 0.1) is 23.7 Å². The van der Waals surface area contributed by atoms with E-state index in [0.717, 1.165) is 17.4 Å². The van der Waals surface area contributed by atoms with Gasteiger partial charge in [-0.3, -0.25) is 4.79 Å². The van der Waals surface area contributed by atoms with Gasteiger partial charge in [-0.25, -0.2) is 0 Å². The molecule has 1 amide bonds. The monoisotopic (exact) mass is 415 g/mol. The topological polar surface area (TPSA) is 42.2 Å². The minimum atomic E-state index is -0.0313. The highest BCUT2D eigenvalue weighted by Crippen LogP contribution is 2.53. The fraction of sp³-hybridized carbons (Fsp3) is 0.435. The minimum Gasteiger partial charge on any atom is -0.457 e. The molecule has 3 nitrogen and oxygen atoms in total. The van der Waals surface area contributed by atoms with Gasteiger partial charge in [0, 0.05) is 17.7 Å². The number of nitrogens with one attached hydrogen (secondary N) is 1. The van der Waals surface area contributed by atoms with Gasteiger partial charge in [0.1, 0.15) is 11.5 Å². The quantitative estimate of drug-likeness (QED) is 0.603. The van der Waals surface area contributed by atoms with Gasteiger partial charge in [-0.05, 0) is 86.1 Å². The fourth-order valence-corrected chi connectivity index (χ4v) is 6.21. The molecule has 0 atom stereocenters. The Morgan fingerprint density at radius 2 is 1.71 bits per heavy atom. The molecule has 1 N–H and O–H groups in total. The normalized spacial score (nSPS) is 30.9. The number of carbonyl (C=O) groups is 1. The maximum atomic E-state index is 12.5. The summed E-state index contributed by atoms with van der Waals surface area (Å²) in [6.07, 6.45) is 9.89. The highest BCUT2D eigenvalue weighted by atomic mass is 35.5. The van der Waals surface area contributed by atoms with Crippen molar-refractivity contribution in [3.8, 4) is 11.3 Å². The summed E-state index contributed by atoms with van der Waals surface area (Å²) in [6.45, 7) is 0. The molecule has 6 rings (SSSR count). The van der Waals surface area contributed by atoms with E-state index < -0.39 is 0 Å². The molecular weight excluding hydrogens is 393 g/mol. The van der Waals surface area contributed by atoms with Crippen LogP contribution in [0.2, 0.25) is 10.0 Å². The molecule has 4 fully saturated rings. The summed E-state index contributed by atoms with van der Waals surface area (Å²) in [5.74, 6) is 4.38. The molecule has 0 radical (unpaired) electrons. The van der Waals surface area contributed by atoms with Crippen molar-refractivity contribution in [3.63, 3.8) is 0 Å². The molecule has 4 saturated carbocycles. The average Bonchev–Trinajstić information content (AvgIpc) is 3.13. The van der Waals surface area contributed by atoms with E-state index in [-0.39, 0.29) is 5.91 Å². The van der Waals surface area contributed by atoms with Crippen LogP contribution in [0.3, 0.4) is 0 Å². The molecule has 0 saturated heterocycles. The van der Waals surface area contributed by atoms with E-state index >= 15 is 0 Å². The largest absolute Gasteiger partial charge is 0.457 e. The van der Waals surface area contributed by atoms with Gasteiger partial charge in [-0.15, -0.1) is 0 Å². The summed E-state index contributed by atoms with van der Waals surface area (Å²) in [5.41, 5.74) is 0.742. The van der Waals surface area contributed by atoms with Crippen molar-refractivity contribution in [2.24, 2.45) is 23.7 Å². The van der Waals surface area contributed by atoms with Crippen molar-refractivity contribution in [2.75, 3.05) is 0 Å². The second-order valence-electron chi connectivity index (χ2n) is 8.60. The van der Waals surface area contributed by atoms with Gasteiger partial charge in [0.15, 0.2) is 0 Å². The summed E-state index contributed by atoms with van der Waals surface area (Å²) < 4.78 is 5.83. The third-order valence-electron chi connectivity index (χ3n) is 6.78. The van der Waals surface area contributed by atoms with Gasteiger partial charge in [0.25, 0.3) is 0 Å². The van der Waals surface area contributed by atoms with Crippen LogP contribution in [-0.2, 0) is 4.79 Å². The van der Waals surface area contributed by atoms with Gasteiger partial charge < -0.3 is 9.73 Å². The SMILES string of the molecule is O=C(C=Cc1ccc(-c2cccc(Cl)c2Cl)o1)NC1C2CC3CC(C2)CC1C3. The Labute approximate surface area is 175 Å². The third-order valence-corrected chi connectivity index (χ3v) is 7.60. The molecule has 1 aromatic heterocycles. The van der Waals surface area contributed by atoms with Crippen LogP contribution >= 0.6 is 23.2 Å². The van der Waals surface area contributed by atoms with Gasteiger partial charge in [0.05, 0.1) is 10.0 Å². The van der Waals surface area contributed by atoms with E-state index in [4.69, 9.17) is 27.6 Å². The lowest BCUT2D eigenvalue weighted by Gasteiger charge is -2.54. The Hall–Kier alpha value is -1.71. The first-order valence-corrected chi connectivity index (χ1v) is 10.8. The first-order chi connectivity index (χ1) is 13.6. The zero-order chi connectivity index (χ0) is 19.3. The molecule has 28 heavy (non-hydrogen) atoms. The van der Waals surface area contributed by atoms with E-state index in [0.29, 0.717) is 39.4 Å². The second-order valence-corrected chi connectivity index (χ2v) is 9.39. The molecule has 0 spiro atoms. The van der Waals surface area contributed by atoms with E-state index in [9.17, 15) is 4.79 Å². The Balaban J connectivity index is 1.25. The number of hydrogen-bond acceptors (Lipinski definition) is 2. The number of amides is 1. The van der Waals surface area contributed by atoms with Gasteiger partial charge in [-0.1, -0.05) is 29.3 Å². The third kappa shape index (κ3) is 3.40. The average molecular weight is 416 g/mol. The molecule has 5 heteroatoms. The van der Waals surface area contributed by atoms with E-state index in [2.05, 4.69) is 5.32 Å². The molecule has 1 aromatic carbocycles. The van der Waals surface area contributed by atoms with Crippen LogP contribution in [0.15, 0.2) is 40.8 Å². The van der Waals surface area contributed by atoms with Crippen LogP contribution in [0.5, 0.6) is 0 Å². The summed E-state index contributed by atoms with van der Waals surface area (Å²) in [5, 5.41) is 4.24. The first kappa shape index (κ1) is 18.3. The number of furan rings is 1. The lowest BCUT2D eigenvalue weighted by Crippen LogP contribution is -2.55. The van der Waals surface area contributed by atoms with Crippen molar-refractivity contribution in [3.05, 3.63) is 52.2 Å². The Kier molecular flexibility index (Phi) is 4.76. The van der Waals surface area contributed by atoms with Crippen LogP contribution in [0.4, 0.5) is 0 Å². The molecular formula is C23H23Cl2NO2. The van der Waals surface area contributed by atoms with Gasteiger partial charge >= 0.3 is 0 Å². The molecule has 1 heterocycles. The van der Waals surface area contributed by atoms with Crippen LogP contribution in [0.25, 0.3) is 17.4 Å². The highest BCUT2D eigenvalue weighted by molar-refractivity contribution is 6.43. The van der Waals surface area contributed by atoms with Crippen LogP contribution in [-0.4, -0.2) is 11.9 Å². The summed E-state index contributed by atoms with van der Waals surface area (Å²) in [7, 11) is 0. The number of rotatable bonds is 4. The number of carbonyl (C=O) groups excluding carboxylic acids is 1. The van der Waals surface area contributed by atoms with Crippen LogP contribution < -0.4 is 5.32 Å². The van der Waals surface area contributed by atoms with Crippen molar-refractivity contribution in [1.82, 2.24) is 5.32 Å². The van der Waals surface area contributed by atoms with Crippen molar-refractivity contribution < 1.29 is 9.21 Å². The highest BCUT2D eigenvalue weighted by Gasteiger charge is 2.48. The second kappa shape index (κ2) is 7.27. The zero-order valence-corrected chi connectivity index (χ0v) is 17.0. The molecule has 0 unspecified atom stereocenters. The maximum absolute atomic E-state index is 12.5. The molecule has 4 aliphatic carbocycles. The minimum absolute atomic E-state index is 0.0313. The molecule has 146 valence electrons. The van der Waals surface area contributed by atoms with E-state index in [1.54, 1.807) is 18.2 Å². The Morgan fingerprint density at radius 1 is 1.00 bits per heavy atom. The number of benzene rings is 1. The Bertz CT molecular complexity index is 904. The molecule has 0 aliphatic heterocycles. The van der Waals surface area contributed by atoms with Gasteiger partial charge in [0.2, 0.25) is 5.91 Å². The smallest absolute Gasteiger partial charge is 0.244 e. The molecule has 4 bridgehead atoms. The first-order valence-electron chi connectivity index (χ1n) is 10.1. The predicted octanol–water partition coefficient (Wildman–Crippen LogP) is 6.21. The van der Waals surface area contributed by atoms with E-state index in [1.807, 2.05) is 24.3 Å². The lowest BCUT2D eigenvalue weighted by atomic mass is 9.54. The molecule has 4 aliphatic rings. The number of hydrogen-bond donors (Lipinski definition) is 1. The van der Waals surface area contributed by atoms with Gasteiger partial charge in [-0.2, -0.15) is 0 Å². The maximum Gasteiger partial charge on any atom is 0.244 e. The summed E-state index contributed by atoms with van der Waals surface area (Å²) in [6, 6.07) is 9.46. The van der Waals surface area contributed by atoms with Crippen molar-refractivity contribution in [1.29, 1.82) is 0 Å². The molecule has 2 aromatic rings. The fourth-order valence-electron chi connectivity index (χ4n) is 5.81. The standard InChI is InChI=1S/C23H23Cl2NO2/c24-19-3-1-2-18(22(19)25)20-6-4-17(28-20)5-7-21(27)26-23-15-9-13-8-14(11-15)12-16(23)10-13/h1-7,13-16,23H,8-12H2,(H,26,27). The Morgan fingerprint density at radius 3 is 2.43 bits per heavy atom. The summed E-state index contributed by atoms with van der Waals surface area (Å²) in [4.78, 5) is 12.5. The van der Waals surface area contributed by atoms with E-state index in [1.165, 1.54) is 32.1 Å².